The summed E-state index contributed by atoms with van der Waals surface area (Å²) in [7, 11) is 0. The predicted molar refractivity (Wildman–Crippen MR) is 109 cm³/mol. The molecular formula is C23H28N2O5. The highest BCUT2D eigenvalue weighted by Gasteiger charge is 2.51. The molecule has 3 aliphatic rings. The molecule has 4 atom stereocenters. The van der Waals surface area contributed by atoms with Gasteiger partial charge < -0.3 is 10.1 Å². The second-order valence-corrected chi connectivity index (χ2v) is 8.63. The van der Waals surface area contributed by atoms with Crippen LogP contribution < -0.4 is 5.32 Å². The van der Waals surface area contributed by atoms with E-state index in [1.165, 1.54) is 25.0 Å². The lowest BCUT2D eigenvalue weighted by molar-refractivity contribution is -0.163. The molecule has 4 rings (SSSR count). The van der Waals surface area contributed by atoms with E-state index < -0.39 is 24.0 Å². The van der Waals surface area contributed by atoms with Crippen LogP contribution in [0.25, 0.3) is 0 Å². The molecule has 0 radical (unpaired) electrons. The smallest absolute Gasteiger partial charge is 0.329 e. The molecule has 1 aromatic rings. The molecule has 0 unspecified atom stereocenters. The van der Waals surface area contributed by atoms with Crippen LogP contribution >= 0.6 is 0 Å². The van der Waals surface area contributed by atoms with Gasteiger partial charge in [0.05, 0.1) is 11.8 Å². The first kappa shape index (κ1) is 20.6. The highest BCUT2D eigenvalue weighted by Crippen LogP contribution is 2.39. The molecule has 2 aliphatic carbocycles. The third-order valence-corrected chi connectivity index (χ3v) is 6.63. The lowest BCUT2D eigenvalue weighted by Crippen LogP contribution is -2.46. The highest BCUT2D eigenvalue weighted by atomic mass is 16.5. The van der Waals surface area contributed by atoms with Crippen molar-refractivity contribution in [3.05, 3.63) is 29.3 Å². The van der Waals surface area contributed by atoms with Crippen molar-refractivity contribution < 1.29 is 23.9 Å². The van der Waals surface area contributed by atoms with E-state index in [0.717, 1.165) is 37.0 Å². The lowest BCUT2D eigenvalue weighted by Gasteiger charge is -2.23. The second kappa shape index (κ2) is 8.20. The van der Waals surface area contributed by atoms with E-state index >= 15 is 0 Å². The summed E-state index contributed by atoms with van der Waals surface area (Å²) in [4.78, 5) is 51.5. The fourth-order valence-electron chi connectivity index (χ4n) is 4.89. The van der Waals surface area contributed by atoms with Crippen LogP contribution in [0.1, 0.15) is 57.1 Å². The number of nitrogens with zero attached hydrogens (tertiary/aromatic N) is 1. The van der Waals surface area contributed by atoms with Crippen LogP contribution in [0.5, 0.6) is 0 Å². The number of nitrogens with one attached hydrogen (secondary N) is 1. The zero-order valence-corrected chi connectivity index (χ0v) is 17.5. The molecule has 1 saturated heterocycles. The highest BCUT2D eigenvalue weighted by molar-refractivity contribution is 6.08. The van der Waals surface area contributed by atoms with Gasteiger partial charge in [-0.15, -0.1) is 0 Å². The zero-order valence-electron chi connectivity index (χ0n) is 17.5. The van der Waals surface area contributed by atoms with Gasteiger partial charge in [0.1, 0.15) is 6.04 Å². The van der Waals surface area contributed by atoms with Crippen LogP contribution in [-0.4, -0.2) is 40.7 Å². The summed E-state index contributed by atoms with van der Waals surface area (Å²) in [5, 5.41) is 2.78. The first-order chi connectivity index (χ1) is 14.4. The molecule has 7 nitrogen and oxygen atoms in total. The molecule has 30 heavy (non-hydrogen) atoms. The molecule has 160 valence electrons. The number of carbonyl (C=O) groups excluding carboxylic acids is 4. The molecule has 1 heterocycles. The van der Waals surface area contributed by atoms with Gasteiger partial charge in [0.2, 0.25) is 11.8 Å². The summed E-state index contributed by atoms with van der Waals surface area (Å²) in [5.74, 6) is -2.40. The van der Waals surface area contributed by atoms with E-state index in [4.69, 9.17) is 4.74 Å². The van der Waals surface area contributed by atoms with Crippen molar-refractivity contribution in [2.45, 2.75) is 70.9 Å². The van der Waals surface area contributed by atoms with Crippen LogP contribution in [0.3, 0.4) is 0 Å². The van der Waals surface area contributed by atoms with E-state index in [9.17, 15) is 19.2 Å². The Morgan fingerprint density at radius 2 is 1.63 bits per heavy atom. The molecule has 1 aromatic carbocycles. The van der Waals surface area contributed by atoms with Crippen molar-refractivity contribution in [2.75, 3.05) is 5.32 Å². The number of amides is 3. The molecule has 7 heteroatoms. The maximum absolute atomic E-state index is 12.7. The Morgan fingerprint density at radius 3 is 2.30 bits per heavy atom. The summed E-state index contributed by atoms with van der Waals surface area (Å²) in [5.41, 5.74) is 3.21. The van der Waals surface area contributed by atoms with Gasteiger partial charge in [0, 0.05) is 5.69 Å². The predicted octanol–water partition coefficient (Wildman–Crippen LogP) is 2.61. The summed E-state index contributed by atoms with van der Waals surface area (Å²) < 4.78 is 5.30. The van der Waals surface area contributed by atoms with Crippen LogP contribution in [-0.2, 0) is 36.8 Å². The van der Waals surface area contributed by atoms with E-state index in [-0.39, 0.29) is 23.7 Å². The number of benzene rings is 1. The van der Waals surface area contributed by atoms with Crippen molar-refractivity contribution in [2.24, 2.45) is 11.8 Å². The standard InChI is InChI=1S/C23H28N2O5/c1-13(25-21(27)18-8-3-4-9-19(18)22(25)28)23(29)30-14(2)20(26)24-17-11-10-15-6-5-7-16(15)12-17/h10-14,18-19H,3-9H2,1-2H3,(H,24,26)/t13-,14+,18-,19+/m0/s1. The van der Waals surface area contributed by atoms with Crippen LogP contribution in [0.4, 0.5) is 5.69 Å². The molecule has 1 saturated carbocycles. The Balaban J connectivity index is 1.36. The van der Waals surface area contributed by atoms with Gasteiger partial charge >= 0.3 is 5.97 Å². The molecule has 0 bridgehead atoms. The zero-order chi connectivity index (χ0) is 21.4. The van der Waals surface area contributed by atoms with Gasteiger partial charge in [-0.25, -0.2) is 4.79 Å². The number of fused-ring (bicyclic) bond motifs is 2. The molecular weight excluding hydrogens is 384 g/mol. The normalized spacial score (nSPS) is 24.8. The summed E-state index contributed by atoms with van der Waals surface area (Å²) in [6.45, 7) is 2.97. The molecule has 0 spiro atoms. The van der Waals surface area contributed by atoms with Crippen molar-refractivity contribution in [1.82, 2.24) is 4.90 Å². The molecule has 1 aliphatic heterocycles. The maximum atomic E-state index is 12.7. The van der Waals surface area contributed by atoms with Crippen molar-refractivity contribution in [3.8, 4) is 0 Å². The first-order valence-electron chi connectivity index (χ1n) is 10.9. The third kappa shape index (κ3) is 3.73. The Kier molecular flexibility index (Phi) is 5.62. The van der Waals surface area contributed by atoms with E-state index in [1.807, 2.05) is 18.2 Å². The minimum Gasteiger partial charge on any atom is -0.451 e. The number of likely N-dealkylation sites (tertiary alicyclic amines) is 1. The fourth-order valence-corrected chi connectivity index (χ4v) is 4.89. The molecule has 1 N–H and O–H groups in total. The Bertz CT molecular complexity index is 872. The fraction of sp³-hybridized carbons (Fsp3) is 0.565. The Morgan fingerprint density at radius 1 is 1.00 bits per heavy atom. The summed E-state index contributed by atoms with van der Waals surface area (Å²) in [6, 6.07) is 4.79. The lowest BCUT2D eigenvalue weighted by atomic mass is 9.81. The number of imide groups is 1. The molecule has 2 fully saturated rings. The number of carbonyl (C=O) groups is 4. The third-order valence-electron chi connectivity index (χ3n) is 6.63. The first-order valence-corrected chi connectivity index (χ1v) is 10.9. The van der Waals surface area contributed by atoms with E-state index in [1.54, 1.807) is 0 Å². The van der Waals surface area contributed by atoms with Gasteiger partial charge in [0.15, 0.2) is 6.10 Å². The quantitative estimate of drug-likeness (QED) is 0.593. The topological polar surface area (TPSA) is 92.8 Å². The van der Waals surface area contributed by atoms with Gasteiger partial charge in [0.25, 0.3) is 5.91 Å². The second-order valence-electron chi connectivity index (χ2n) is 8.63. The summed E-state index contributed by atoms with van der Waals surface area (Å²) >= 11 is 0. The van der Waals surface area contributed by atoms with Crippen molar-refractivity contribution >= 4 is 29.4 Å². The number of rotatable bonds is 5. The number of anilines is 1. The van der Waals surface area contributed by atoms with Gasteiger partial charge in [-0.2, -0.15) is 0 Å². The monoisotopic (exact) mass is 412 g/mol. The molecule has 3 amide bonds. The number of hydrogen-bond donors (Lipinski definition) is 1. The maximum Gasteiger partial charge on any atom is 0.329 e. The van der Waals surface area contributed by atoms with E-state index in [0.29, 0.717) is 18.5 Å². The van der Waals surface area contributed by atoms with Crippen molar-refractivity contribution in [3.63, 3.8) is 0 Å². The number of hydrogen-bond acceptors (Lipinski definition) is 5. The average Bonchev–Trinajstić information content (AvgIpc) is 3.30. The summed E-state index contributed by atoms with van der Waals surface area (Å²) in [6.07, 6.45) is 5.36. The molecule has 0 aromatic heterocycles. The largest absolute Gasteiger partial charge is 0.451 e. The van der Waals surface area contributed by atoms with Crippen molar-refractivity contribution in [1.29, 1.82) is 0 Å². The Hall–Kier alpha value is -2.70. The minimum atomic E-state index is -1.04. The average molecular weight is 412 g/mol. The number of aryl methyl sites for hydroxylation is 2. The Labute approximate surface area is 176 Å². The van der Waals surface area contributed by atoms with Gasteiger partial charge in [-0.3, -0.25) is 19.3 Å². The van der Waals surface area contributed by atoms with Crippen LogP contribution in [0.15, 0.2) is 18.2 Å². The SMILES string of the molecule is C[C@@H](OC(=O)[C@H](C)N1C(=O)[C@H]2CCCC[C@H]2C1=O)C(=O)Nc1ccc2c(c1)CCC2. The van der Waals surface area contributed by atoms with Gasteiger partial charge in [-0.05, 0) is 69.2 Å². The number of ether oxygens (including phenoxy) is 1. The minimum absolute atomic E-state index is 0.288. The van der Waals surface area contributed by atoms with E-state index in [2.05, 4.69) is 5.32 Å². The van der Waals surface area contributed by atoms with Gasteiger partial charge in [-0.1, -0.05) is 18.9 Å². The number of esters is 1. The van der Waals surface area contributed by atoms with Crippen LogP contribution in [0, 0.1) is 11.8 Å². The van der Waals surface area contributed by atoms with Crippen LogP contribution in [0.2, 0.25) is 0 Å².